The van der Waals surface area contributed by atoms with Gasteiger partial charge in [-0.15, -0.1) is 0 Å². The Morgan fingerprint density at radius 3 is 2.83 bits per heavy atom. The Hall–Kier alpha value is -2.13. The number of aromatic nitrogens is 2. The van der Waals surface area contributed by atoms with E-state index in [1.165, 1.54) is 10.8 Å². The van der Waals surface area contributed by atoms with E-state index < -0.39 is 9.84 Å². The van der Waals surface area contributed by atoms with Gasteiger partial charge in [-0.3, -0.25) is 4.79 Å². The maximum absolute atomic E-state index is 12.7. The van der Waals surface area contributed by atoms with E-state index >= 15 is 0 Å². The standard InChI is InChI=1S/C15H15BrN4O3S/c1-19-6-4-11-12(24(22,23)9-19)8-20(2)14(11)15(21)18-10-3-5-17-13(16)7-10/h3-8H,9H2,1-2H3,(H,17,18,21). The minimum atomic E-state index is -3.50. The van der Waals surface area contributed by atoms with Crippen LogP contribution in [0.1, 0.15) is 16.1 Å². The summed E-state index contributed by atoms with van der Waals surface area (Å²) in [5.74, 6) is -0.514. The quantitative estimate of drug-likeness (QED) is 0.766. The number of pyridine rings is 1. The van der Waals surface area contributed by atoms with Crippen molar-refractivity contribution in [1.82, 2.24) is 14.5 Å². The molecule has 0 atom stereocenters. The van der Waals surface area contributed by atoms with Gasteiger partial charge in [0.15, 0.2) is 9.84 Å². The zero-order chi connectivity index (χ0) is 17.5. The molecule has 0 bridgehead atoms. The molecule has 3 rings (SSSR count). The van der Waals surface area contributed by atoms with Crippen LogP contribution in [0.25, 0.3) is 6.08 Å². The topological polar surface area (TPSA) is 84.3 Å². The number of fused-ring (bicyclic) bond motifs is 1. The molecule has 7 nitrogen and oxygen atoms in total. The third kappa shape index (κ3) is 3.09. The molecule has 3 heterocycles. The highest BCUT2D eigenvalue weighted by molar-refractivity contribution is 9.10. The molecule has 126 valence electrons. The van der Waals surface area contributed by atoms with E-state index in [2.05, 4.69) is 26.2 Å². The highest BCUT2D eigenvalue weighted by Gasteiger charge is 2.29. The third-order valence-electron chi connectivity index (χ3n) is 3.59. The number of nitrogens with one attached hydrogen (secondary N) is 1. The van der Waals surface area contributed by atoms with Crippen molar-refractivity contribution in [3.8, 4) is 0 Å². The fourth-order valence-electron chi connectivity index (χ4n) is 2.56. The van der Waals surface area contributed by atoms with Crippen LogP contribution in [0.15, 0.2) is 40.2 Å². The number of halogens is 1. The minimum Gasteiger partial charge on any atom is -0.366 e. The molecule has 1 aliphatic heterocycles. The van der Waals surface area contributed by atoms with E-state index in [4.69, 9.17) is 0 Å². The van der Waals surface area contributed by atoms with Gasteiger partial charge in [-0.2, -0.15) is 0 Å². The van der Waals surface area contributed by atoms with Crippen LogP contribution in [-0.2, 0) is 16.9 Å². The van der Waals surface area contributed by atoms with Crippen molar-refractivity contribution in [2.24, 2.45) is 7.05 Å². The SMILES string of the molecule is CN1C=Cc2c(cn(C)c2C(=O)Nc2ccnc(Br)c2)S(=O)(=O)C1. The average molecular weight is 411 g/mol. The number of sulfone groups is 1. The summed E-state index contributed by atoms with van der Waals surface area (Å²) in [5.41, 5.74) is 1.25. The molecule has 9 heteroatoms. The summed E-state index contributed by atoms with van der Waals surface area (Å²) in [4.78, 5) is 18.4. The average Bonchev–Trinajstić information content (AvgIpc) is 2.77. The number of nitrogens with zero attached hydrogens (tertiary/aromatic N) is 3. The van der Waals surface area contributed by atoms with E-state index in [0.717, 1.165) is 0 Å². The number of hydrogen-bond acceptors (Lipinski definition) is 5. The van der Waals surface area contributed by atoms with Crippen molar-refractivity contribution in [3.63, 3.8) is 0 Å². The summed E-state index contributed by atoms with van der Waals surface area (Å²) >= 11 is 3.24. The molecule has 0 radical (unpaired) electrons. The van der Waals surface area contributed by atoms with Crippen molar-refractivity contribution in [3.05, 3.63) is 46.6 Å². The second-order valence-electron chi connectivity index (χ2n) is 5.50. The predicted octanol–water partition coefficient (Wildman–Crippen LogP) is 2.08. The molecule has 0 saturated carbocycles. The van der Waals surface area contributed by atoms with Crippen LogP contribution in [-0.4, -0.2) is 41.7 Å². The van der Waals surface area contributed by atoms with Crippen molar-refractivity contribution >= 4 is 43.4 Å². The Morgan fingerprint density at radius 2 is 2.12 bits per heavy atom. The van der Waals surface area contributed by atoms with E-state index in [0.29, 0.717) is 15.9 Å². The molecule has 1 N–H and O–H groups in total. The lowest BCUT2D eigenvalue weighted by atomic mass is 10.2. The van der Waals surface area contributed by atoms with Crippen LogP contribution in [0.4, 0.5) is 5.69 Å². The van der Waals surface area contributed by atoms with E-state index in [1.807, 2.05) is 0 Å². The summed E-state index contributed by atoms with van der Waals surface area (Å²) in [5, 5.41) is 2.76. The summed E-state index contributed by atoms with van der Waals surface area (Å²) in [6.07, 6.45) is 6.34. The predicted molar refractivity (Wildman–Crippen MR) is 94.2 cm³/mol. The summed E-state index contributed by atoms with van der Waals surface area (Å²) in [6, 6.07) is 3.32. The van der Waals surface area contributed by atoms with Gasteiger partial charge >= 0.3 is 0 Å². The first-order chi connectivity index (χ1) is 11.3. The Labute approximate surface area is 148 Å². The normalized spacial score (nSPS) is 15.7. The zero-order valence-corrected chi connectivity index (χ0v) is 15.4. The Morgan fingerprint density at radius 1 is 1.38 bits per heavy atom. The number of anilines is 1. The number of amides is 1. The van der Waals surface area contributed by atoms with Crippen molar-refractivity contribution in [2.75, 3.05) is 18.2 Å². The first-order valence-corrected chi connectivity index (χ1v) is 9.46. The number of rotatable bonds is 2. The molecule has 0 fully saturated rings. The molecule has 0 spiro atoms. The van der Waals surface area contributed by atoms with Crippen LogP contribution < -0.4 is 5.32 Å². The van der Waals surface area contributed by atoms with Gasteiger partial charge in [0.2, 0.25) is 0 Å². The molecule has 1 amide bonds. The fraction of sp³-hybridized carbons (Fsp3) is 0.200. The van der Waals surface area contributed by atoms with Crippen molar-refractivity contribution in [2.45, 2.75) is 4.90 Å². The van der Waals surface area contributed by atoms with Gasteiger partial charge in [-0.05, 0) is 34.1 Å². The number of aryl methyl sites for hydroxylation is 1. The van der Waals surface area contributed by atoms with Gasteiger partial charge in [0, 0.05) is 43.9 Å². The summed E-state index contributed by atoms with van der Waals surface area (Å²) in [6.45, 7) is 0. The Kier molecular flexibility index (Phi) is 4.22. The van der Waals surface area contributed by atoms with E-state index in [9.17, 15) is 13.2 Å². The highest BCUT2D eigenvalue weighted by atomic mass is 79.9. The van der Waals surface area contributed by atoms with E-state index in [-0.39, 0.29) is 22.4 Å². The lowest BCUT2D eigenvalue weighted by Crippen LogP contribution is -2.19. The molecule has 1 aliphatic rings. The Bertz CT molecular complexity index is 950. The smallest absolute Gasteiger partial charge is 0.272 e. The van der Waals surface area contributed by atoms with Crippen LogP contribution in [0.3, 0.4) is 0 Å². The second-order valence-corrected chi connectivity index (χ2v) is 8.24. The fourth-order valence-corrected chi connectivity index (χ4v) is 4.51. The number of carbonyl (C=O) groups is 1. The zero-order valence-electron chi connectivity index (χ0n) is 13.0. The summed E-state index contributed by atoms with van der Waals surface area (Å²) in [7, 11) is -0.171. The van der Waals surface area contributed by atoms with Crippen LogP contribution in [0.2, 0.25) is 0 Å². The lowest BCUT2D eigenvalue weighted by molar-refractivity contribution is 0.101. The molecule has 24 heavy (non-hydrogen) atoms. The first kappa shape index (κ1) is 16.7. The number of carbonyl (C=O) groups excluding carboxylic acids is 1. The second kappa shape index (κ2) is 6.06. The van der Waals surface area contributed by atoms with Crippen molar-refractivity contribution in [1.29, 1.82) is 0 Å². The van der Waals surface area contributed by atoms with Crippen molar-refractivity contribution < 1.29 is 13.2 Å². The summed E-state index contributed by atoms with van der Waals surface area (Å²) < 4.78 is 27.0. The maximum atomic E-state index is 12.7. The van der Waals surface area contributed by atoms with Gasteiger partial charge in [-0.25, -0.2) is 13.4 Å². The largest absolute Gasteiger partial charge is 0.366 e. The molecule has 0 aromatic carbocycles. The highest BCUT2D eigenvalue weighted by Crippen LogP contribution is 2.28. The third-order valence-corrected chi connectivity index (χ3v) is 5.76. The maximum Gasteiger partial charge on any atom is 0.272 e. The Balaban J connectivity index is 2.05. The molecule has 0 unspecified atom stereocenters. The molecule has 0 saturated heterocycles. The molecule has 2 aromatic heterocycles. The van der Waals surface area contributed by atoms with Gasteiger partial charge < -0.3 is 14.8 Å². The van der Waals surface area contributed by atoms with Crippen LogP contribution in [0.5, 0.6) is 0 Å². The van der Waals surface area contributed by atoms with Gasteiger partial charge in [0.25, 0.3) is 5.91 Å². The molecule has 2 aromatic rings. The lowest BCUT2D eigenvalue weighted by Gasteiger charge is -2.10. The van der Waals surface area contributed by atoms with Crippen LogP contribution >= 0.6 is 15.9 Å². The van der Waals surface area contributed by atoms with Gasteiger partial charge in [0.1, 0.15) is 16.2 Å². The van der Waals surface area contributed by atoms with Gasteiger partial charge in [0.05, 0.1) is 4.90 Å². The van der Waals surface area contributed by atoms with Gasteiger partial charge in [-0.1, -0.05) is 0 Å². The van der Waals surface area contributed by atoms with Crippen LogP contribution in [0, 0.1) is 0 Å². The van der Waals surface area contributed by atoms with E-state index in [1.54, 1.807) is 49.6 Å². The molecular formula is C15H15BrN4O3S. The monoisotopic (exact) mass is 410 g/mol. The first-order valence-electron chi connectivity index (χ1n) is 7.01. The molecule has 0 aliphatic carbocycles. The minimum absolute atomic E-state index is 0.126. The molecular weight excluding hydrogens is 396 g/mol. The number of hydrogen-bond donors (Lipinski definition) is 1.